The summed E-state index contributed by atoms with van der Waals surface area (Å²) in [6.45, 7) is 26.3. The third-order valence-corrected chi connectivity index (χ3v) is 17.8. The molecule has 70 heavy (non-hydrogen) atoms. The Morgan fingerprint density at radius 3 is 1.90 bits per heavy atom. The molecule has 3 aromatic heterocycles. The molecule has 3 aliphatic heterocycles. The molecule has 0 amide bonds. The van der Waals surface area contributed by atoms with E-state index >= 15 is 0 Å². The molecule has 0 bridgehead atoms. The Bertz CT molecular complexity index is 3920. The quantitative estimate of drug-likeness (QED) is 0.162. The molecule has 5 nitrogen and oxygen atoms in total. The van der Waals surface area contributed by atoms with Crippen LogP contribution >= 0.6 is 0 Å². The molecule has 6 heteroatoms. The van der Waals surface area contributed by atoms with Gasteiger partial charge in [-0.3, -0.25) is 4.57 Å². The highest BCUT2D eigenvalue weighted by Crippen LogP contribution is 2.62. The fraction of sp³-hybridized carbons (Fsp3) is 0.312. The van der Waals surface area contributed by atoms with E-state index < -0.39 is 0 Å². The van der Waals surface area contributed by atoms with Crippen molar-refractivity contribution in [2.75, 3.05) is 9.80 Å². The summed E-state index contributed by atoms with van der Waals surface area (Å²) in [5, 5.41) is 5.87. The fourth-order valence-electron chi connectivity index (χ4n) is 13.8. The summed E-state index contributed by atoms with van der Waals surface area (Å²) in [4.78, 5) is 5.40. The molecule has 0 spiro atoms. The van der Waals surface area contributed by atoms with E-state index in [-0.39, 0.29) is 33.9 Å². The maximum absolute atomic E-state index is 7.08. The van der Waals surface area contributed by atoms with Crippen LogP contribution in [0.4, 0.5) is 28.4 Å². The average molecular weight is 916 g/mol. The number of hydrogen-bond donors (Lipinski definition) is 0. The van der Waals surface area contributed by atoms with Gasteiger partial charge in [0.15, 0.2) is 0 Å². The van der Waals surface area contributed by atoms with Crippen molar-refractivity contribution in [2.45, 2.75) is 129 Å². The maximum Gasteiger partial charge on any atom is 0.252 e. The van der Waals surface area contributed by atoms with Crippen molar-refractivity contribution in [3.05, 3.63) is 150 Å². The minimum Gasteiger partial charge on any atom is -0.456 e. The molecule has 0 N–H and O–H groups in total. The highest BCUT2D eigenvalue weighted by Gasteiger charge is 2.58. The predicted octanol–water partition coefficient (Wildman–Crippen LogP) is 15.7. The summed E-state index contributed by atoms with van der Waals surface area (Å²) >= 11 is 0. The number of benzene rings is 7. The Kier molecular flexibility index (Phi) is 8.21. The monoisotopic (exact) mass is 915 g/mol. The number of rotatable bonds is 2. The van der Waals surface area contributed by atoms with Crippen molar-refractivity contribution in [3.63, 3.8) is 0 Å². The lowest BCUT2D eigenvalue weighted by atomic mass is 9.33. The summed E-state index contributed by atoms with van der Waals surface area (Å²) in [5.41, 5.74) is 21.4. The molecule has 7 aromatic carbocycles. The molecule has 6 heterocycles. The molecule has 10 aromatic rings. The molecule has 14 rings (SSSR count). The van der Waals surface area contributed by atoms with Crippen LogP contribution < -0.4 is 26.2 Å². The van der Waals surface area contributed by atoms with E-state index in [1.54, 1.807) is 0 Å². The number of anilines is 5. The molecule has 1 saturated carbocycles. The first-order valence-electron chi connectivity index (χ1n) is 25.8. The number of nitrogens with zero attached hydrogens (tertiary/aromatic N) is 3. The van der Waals surface area contributed by atoms with Gasteiger partial charge in [-0.1, -0.05) is 149 Å². The van der Waals surface area contributed by atoms with Gasteiger partial charge in [-0.2, -0.15) is 0 Å². The van der Waals surface area contributed by atoms with E-state index in [4.69, 9.17) is 8.83 Å². The van der Waals surface area contributed by atoms with Gasteiger partial charge < -0.3 is 18.6 Å². The first-order chi connectivity index (χ1) is 33.3. The molecule has 0 radical (unpaired) electrons. The van der Waals surface area contributed by atoms with E-state index in [1.165, 1.54) is 103 Å². The van der Waals surface area contributed by atoms with E-state index in [2.05, 4.69) is 218 Å². The standard InChI is InChI=1S/C64H62BN3O2/c1-60(2,3)37-25-28-47-44(32-37)63(10)29-16-17-30-64(63,11)68(47)40-26-27-45-49(36-40)66(48-21-18-24-54-56(48)42-20-13-14-22-52(42)69-54)50-34-39(62(7,8)9)35-51-57(50)65(45)46-33-38(61(4,5)6)31-43-55-41-19-12-15-23-53(41)70-59(55)67(51)58(43)46/h12-15,18-28,31-36H,16-17,29-30H2,1-11H3. The Labute approximate surface area is 412 Å². The van der Waals surface area contributed by atoms with Crippen molar-refractivity contribution >= 4 is 106 Å². The van der Waals surface area contributed by atoms with Gasteiger partial charge in [0.05, 0.1) is 27.5 Å². The second kappa shape index (κ2) is 13.6. The predicted molar refractivity (Wildman–Crippen MR) is 296 cm³/mol. The van der Waals surface area contributed by atoms with Crippen molar-refractivity contribution in [2.24, 2.45) is 0 Å². The van der Waals surface area contributed by atoms with Crippen molar-refractivity contribution in [1.29, 1.82) is 0 Å². The highest BCUT2D eigenvalue weighted by molar-refractivity contribution is 7.00. The number of para-hydroxylation sites is 2. The Morgan fingerprint density at radius 2 is 1.16 bits per heavy atom. The number of hydrogen-bond acceptors (Lipinski definition) is 4. The van der Waals surface area contributed by atoms with Crippen LogP contribution in [0.25, 0.3) is 60.6 Å². The molecule has 2 atom stereocenters. The molecule has 1 fully saturated rings. The zero-order valence-corrected chi connectivity index (χ0v) is 42.7. The largest absolute Gasteiger partial charge is 0.456 e. The normalized spacial score (nSPS) is 19.7. The lowest BCUT2D eigenvalue weighted by Gasteiger charge is -2.50. The third-order valence-electron chi connectivity index (χ3n) is 17.8. The smallest absolute Gasteiger partial charge is 0.252 e. The van der Waals surface area contributed by atoms with Gasteiger partial charge in [0.25, 0.3) is 6.71 Å². The summed E-state index contributed by atoms with van der Waals surface area (Å²) in [6.07, 6.45) is 4.79. The molecule has 2 unspecified atom stereocenters. The second-order valence-corrected chi connectivity index (χ2v) is 24.9. The topological polar surface area (TPSA) is 37.7 Å². The second-order valence-electron chi connectivity index (χ2n) is 24.9. The maximum atomic E-state index is 7.08. The molecule has 348 valence electrons. The summed E-state index contributed by atoms with van der Waals surface area (Å²) in [5.74, 6) is 0. The van der Waals surface area contributed by atoms with Gasteiger partial charge in [-0.15, -0.1) is 0 Å². The highest BCUT2D eigenvalue weighted by atomic mass is 16.3. The Balaban J connectivity index is 1.13. The van der Waals surface area contributed by atoms with Crippen LogP contribution in [-0.2, 0) is 21.7 Å². The van der Waals surface area contributed by atoms with Gasteiger partial charge in [0.1, 0.15) is 16.7 Å². The summed E-state index contributed by atoms with van der Waals surface area (Å²) < 4.78 is 16.3. The first-order valence-corrected chi connectivity index (χ1v) is 25.8. The minimum absolute atomic E-state index is 0.00326. The van der Waals surface area contributed by atoms with Crippen LogP contribution in [0.5, 0.6) is 0 Å². The number of furan rings is 2. The van der Waals surface area contributed by atoms with Crippen LogP contribution in [0.15, 0.2) is 136 Å². The fourth-order valence-corrected chi connectivity index (χ4v) is 13.8. The van der Waals surface area contributed by atoms with Gasteiger partial charge >= 0.3 is 0 Å². The van der Waals surface area contributed by atoms with Crippen molar-refractivity contribution in [1.82, 2.24) is 4.57 Å². The molecule has 4 aliphatic rings. The Hall–Kier alpha value is -6.66. The third kappa shape index (κ3) is 5.40. The van der Waals surface area contributed by atoms with Gasteiger partial charge in [-0.25, -0.2) is 0 Å². The van der Waals surface area contributed by atoms with E-state index in [1.807, 2.05) is 0 Å². The average Bonchev–Trinajstić information content (AvgIpc) is 4.04. The Morgan fingerprint density at radius 1 is 0.500 bits per heavy atom. The zero-order chi connectivity index (χ0) is 48.2. The SMILES string of the molecule is CC(C)(C)c1cc2c3c(c1)-n1c4oc5ccccc5c4c4cc(C(C)(C)C)cc(c41)B3c1ccc(N3c4ccc(C(C)(C)C)cc4C4(C)CCCCC34C)cc1N2c1cccc2oc3ccccc3c12. The van der Waals surface area contributed by atoms with Crippen LogP contribution in [0.1, 0.15) is 124 Å². The van der Waals surface area contributed by atoms with E-state index in [0.29, 0.717) is 0 Å². The van der Waals surface area contributed by atoms with Crippen molar-refractivity contribution in [3.8, 4) is 5.69 Å². The van der Waals surface area contributed by atoms with Crippen LogP contribution in [0.3, 0.4) is 0 Å². The van der Waals surface area contributed by atoms with Gasteiger partial charge in [0.2, 0.25) is 5.71 Å². The van der Waals surface area contributed by atoms with Crippen molar-refractivity contribution < 1.29 is 8.83 Å². The summed E-state index contributed by atoms with van der Waals surface area (Å²) in [7, 11) is 0. The van der Waals surface area contributed by atoms with E-state index in [0.717, 1.165) is 50.7 Å². The minimum atomic E-state index is -0.163. The lowest BCUT2D eigenvalue weighted by molar-refractivity contribution is 0.195. The van der Waals surface area contributed by atoms with E-state index in [9.17, 15) is 0 Å². The van der Waals surface area contributed by atoms with Gasteiger partial charge in [-0.05, 0) is 135 Å². The molecular weight excluding hydrogens is 854 g/mol. The molecular formula is C64H62BN3O2. The van der Waals surface area contributed by atoms with Crippen LogP contribution in [-0.4, -0.2) is 16.8 Å². The van der Waals surface area contributed by atoms with Crippen LogP contribution in [0, 0.1) is 0 Å². The number of fused-ring (bicyclic) bond motifs is 15. The number of aromatic nitrogens is 1. The molecule has 0 saturated heterocycles. The summed E-state index contributed by atoms with van der Waals surface area (Å²) in [6, 6.07) is 48.9. The van der Waals surface area contributed by atoms with Crippen LogP contribution in [0.2, 0.25) is 0 Å². The molecule has 1 aliphatic carbocycles. The first kappa shape index (κ1) is 42.2. The van der Waals surface area contributed by atoms with Gasteiger partial charge in [0, 0.05) is 50.0 Å². The zero-order valence-electron chi connectivity index (χ0n) is 42.7. The lowest BCUT2D eigenvalue weighted by Crippen LogP contribution is -2.61.